The molecule has 3 aliphatic heterocycles. The van der Waals surface area contributed by atoms with Gasteiger partial charge in [0.25, 0.3) is 5.91 Å². The van der Waals surface area contributed by atoms with Crippen molar-refractivity contribution in [1.29, 1.82) is 0 Å². The lowest BCUT2D eigenvalue weighted by molar-refractivity contribution is -0.129. The number of carbonyl (C=O) groups excluding carboxylic acids is 2. The maximum Gasteiger partial charge on any atom is 0.273 e. The molecule has 204 valence electrons. The van der Waals surface area contributed by atoms with Crippen LogP contribution in [0.2, 0.25) is 0 Å². The number of rotatable bonds is 8. The summed E-state index contributed by atoms with van der Waals surface area (Å²) >= 11 is 0. The minimum absolute atomic E-state index is 0.0324. The summed E-state index contributed by atoms with van der Waals surface area (Å²) in [5.74, 6) is 0.839. The van der Waals surface area contributed by atoms with Gasteiger partial charge >= 0.3 is 0 Å². The molecule has 1 aromatic carbocycles. The van der Waals surface area contributed by atoms with Crippen molar-refractivity contribution in [2.75, 3.05) is 62.3 Å². The molecule has 2 fully saturated rings. The van der Waals surface area contributed by atoms with Crippen molar-refractivity contribution >= 4 is 23.6 Å². The molecule has 0 saturated carbocycles. The van der Waals surface area contributed by atoms with Crippen LogP contribution in [0.15, 0.2) is 18.2 Å². The topological polar surface area (TPSA) is 102 Å². The Kier molecular flexibility index (Phi) is 7.64. The van der Waals surface area contributed by atoms with Gasteiger partial charge in [-0.25, -0.2) is 9.37 Å². The number of nitrogens with zero attached hydrogens (tertiary/aromatic N) is 6. The molecule has 0 bridgehead atoms. The third-order valence-corrected chi connectivity index (χ3v) is 7.53. The van der Waals surface area contributed by atoms with Gasteiger partial charge in [-0.2, -0.15) is 4.98 Å². The van der Waals surface area contributed by atoms with Gasteiger partial charge in [-0.3, -0.25) is 9.59 Å². The van der Waals surface area contributed by atoms with Crippen molar-refractivity contribution < 1.29 is 23.8 Å². The van der Waals surface area contributed by atoms with E-state index in [-0.39, 0.29) is 36.8 Å². The predicted octanol–water partition coefficient (Wildman–Crippen LogP) is 2.36. The Hall–Kier alpha value is -3.47. The van der Waals surface area contributed by atoms with Gasteiger partial charge in [0.1, 0.15) is 18.1 Å². The Morgan fingerprint density at radius 3 is 2.66 bits per heavy atom. The lowest BCUT2D eigenvalue weighted by atomic mass is 10.0. The first-order valence-electron chi connectivity index (χ1n) is 13.4. The first kappa shape index (κ1) is 26.1. The molecule has 1 N–H and O–H groups in total. The predicted molar refractivity (Wildman–Crippen MR) is 140 cm³/mol. The summed E-state index contributed by atoms with van der Waals surface area (Å²) in [7, 11) is 0. The van der Waals surface area contributed by atoms with E-state index in [1.54, 1.807) is 17.9 Å². The van der Waals surface area contributed by atoms with Crippen LogP contribution in [0.25, 0.3) is 0 Å². The van der Waals surface area contributed by atoms with Crippen molar-refractivity contribution in [2.45, 2.75) is 45.7 Å². The number of amides is 2. The van der Waals surface area contributed by atoms with Crippen LogP contribution in [0.3, 0.4) is 0 Å². The summed E-state index contributed by atoms with van der Waals surface area (Å²) in [6.45, 7) is 7.65. The molecule has 0 spiro atoms. The number of anilines is 2. The average Bonchev–Trinajstić information content (AvgIpc) is 3.53. The zero-order valence-electron chi connectivity index (χ0n) is 22.0. The van der Waals surface area contributed by atoms with Gasteiger partial charge in [0.2, 0.25) is 11.9 Å². The van der Waals surface area contributed by atoms with E-state index in [0.717, 1.165) is 42.8 Å². The Morgan fingerprint density at radius 2 is 1.97 bits per heavy atom. The average molecular weight is 527 g/mol. The van der Waals surface area contributed by atoms with E-state index >= 15 is 0 Å². The number of fused-ring (bicyclic) bond motifs is 1. The van der Waals surface area contributed by atoms with Crippen molar-refractivity contribution in [3.63, 3.8) is 0 Å². The number of piperazine rings is 1. The van der Waals surface area contributed by atoms with Crippen molar-refractivity contribution in [3.8, 4) is 5.75 Å². The fraction of sp³-hybridized carbons (Fsp3) is 0.556. The highest BCUT2D eigenvalue weighted by Crippen LogP contribution is 2.41. The summed E-state index contributed by atoms with van der Waals surface area (Å²) in [5, 5.41) is 8.99. The van der Waals surface area contributed by atoms with Gasteiger partial charge < -0.3 is 29.4 Å². The number of hydrogen-bond donors (Lipinski definition) is 1. The minimum Gasteiger partial charge on any atom is -0.488 e. The first-order chi connectivity index (χ1) is 18.4. The standard InChI is InChI=1S/C27H35FN6O4/c1-3-8-33-17-20-24(26(33)37)29-27(32-12-10-31(11-13-32)18(2)36)30-25(20)34-9-4-5-22(34)19-6-7-23(21(28)16-19)38-15-14-35/h6-7,16,22,35H,3-5,8-15,17H2,1-2H3. The van der Waals surface area contributed by atoms with E-state index in [0.29, 0.717) is 50.9 Å². The highest BCUT2D eigenvalue weighted by molar-refractivity contribution is 5.98. The number of hydrogen-bond acceptors (Lipinski definition) is 8. The second kappa shape index (κ2) is 11.1. The van der Waals surface area contributed by atoms with E-state index in [4.69, 9.17) is 19.8 Å². The summed E-state index contributed by atoms with van der Waals surface area (Å²) in [4.78, 5) is 42.7. The first-order valence-corrected chi connectivity index (χ1v) is 13.4. The molecule has 2 aromatic rings. The van der Waals surface area contributed by atoms with E-state index in [2.05, 4.69) is 4.90 Å². The van der Waals surface area contributed by atoms with Gasteiger partial charge in [-0.1, -0.05) is 13.0 Å². The molecule has 1 aromatic heterocycles. The summed E-state index contributed by atoms with van der Waals surface area (Å²) in [6.07, 6.45) is 2.58. The zero-order valence-corrected chi connectivity index (χ0v) is 22.0. The van der Waals surface area contributed by atoms with Gasteiger partial charge in [0, 0.05) is 51.8 Å². The fourth-order valence-corrected chi connectivity index (χ4v) is 5.61. The molecule has 11 heteroatoms. The molecule has 2 amide bonds. The second-order valence-electron chi connectivity index (χ2n) is 10.0. The van der Waals surface area contributed by atoms with Crippen LogP contribution in [0.4, 0.5) is 16.2 Å². The third kappa shape index (κ3) is 4.99. The maximum absolute atomic E-state index is 14.8. The SMILES string of the molecule is CCCN1Cc2c(nc(N3CCN(C(C)=O)CC3)nc2N2CCCC2c2ccc(OCCO)c(F)c2)C1=O. The van der Waals surface area contributed by atoms with Crippen LogP contribution in [-0.4, -0.2) is 89.2 Å². The molecular weight excluding hydrogens is 491 g/mol. The monoisotopic (exact) mass is 526 g/mol. The van der Waals surface area contributed by atoms with Crippen LogP contribution < -0.4 is 14.5 Å². The van der Waals surface area contributed by atoms with Gasteiger partial charge in [0.15, 0.2) is 11.6 Å². The molecule has 0 radical (unpaired) electrons. The number of benzene rings is 1. The molecule has 4 heterocycles. The van der Waals surface area contributed by atoms with Crippen LogP contribution in [0.5, 0.6) is 5.75 Å². The third-order valence-electron chi connectivity index (χ3n) is 7.53. The highest BCUT2D eigenvalue weighted by Gasteiger charge is 2.38. The highest BCUT2D eigenvalue weighted by atomic mass is 19.1. The summed E-state index contributed by atoms with van der Waals surface area (Å²) < 4.78 is 20.1. The Labute approximate surface area is 222 Å². The quantitative estimate of drug-likeness (QED) is 0.560. The van der Waals surface area contributed by atoms with Crippen LogP contribution >= 0.6 is 0 Å². The number of aliphatic hydroxyl groups is 1. The van der Waals surface area contributed by atoms with Crippen LogP contribution in [-0.2, 0) is 11.3 Å². The van der Waals surface area contributed by atoms with E-state index < -0.39 is 5.82 Å². The number of aliphatic hydroxyl groups excluding tert-OH is 1. The Bertz CT molecular complexity index is 1200. The van der Waals surface area contributed by atoms with Crippen LogP contribution in [0, 0.1) is 5.82 Å². The number of ether oxygens (including phenoxy) is 1. The van der Waals surface area contributed by atoms with Gasteiger partial charge in [-0.15, -0.1) is 0 Å². The van der Waals surface area contributed by atoms with Crippen molar-refractivity contribution in [1.82, 2.24) is 19.8 Å². The molecule has 10 nitrogen and oxygen atoms in total. The number of halogens is 1. The molecule has 0 aliphatic carbocycles. The minimum atomic E-state index is -0.468. The van der Waals surface area contributed by atoms with Crippen molar-refractivity contribution in [2.24, 2.45) is 0 Å². The molecule has 3 aliphatic rings. The zero-order chi connectivity index (χ0) is 26.8. The second-order valence-corrected chi connectivity index (χ2v) is 10.0. The summed E-state index contributed by atoms with van der Waals surface area (Å²) in [6, 6.07) is 4.85. The Morgan fingerprint density at radius 1 is 1.18 bits per heavy atom. The Balaban J connectivity index is 1.49. The van der Waals surface area contributed by atoms with E-state index in [1.165, 1.54) is 6.07 Å². The molecule has 38 heavy (non-hydrogen) atoms. The molecule has 5 rings (SSSR count). The largest absolute Gasteiger partial charge is 0.488 e. The molecular formula is C27H35FN6O4. The summed E-state index contributed by atoms with van der Waals surface area (Å²) in [5.41, 5.74) is 2.08. The van der Waals surface area contributed by atoms with Gasteiger partial charge in [-0.05, 0) is 37.0 Å². The fourth-order valence-electron chi connectivity index (χ4n) is 5.61. The van der Waals surface area contributed by atoms with E-state index in [9.17, 15) is 14.0 Å². The smallest absolute Gasteiger partial charge is 0.273 e. The number of aromatic nitrogens is 2. The lowest BCUT2D eigenvalue weighted by Crippen LogP contribution is -2.48. The van der Waals surface area contributed by atoms with Gasteiger partial charge in [0.05, 0.1) is 19.2 Å². The molecule has 1 unspecified atom stereocenters. The maximum atomic E-state index is 14.8. The molecule has 2 saturated heterocycles. The lowest BCUT2D eigenvalue weighted by Gasteiger charge is -2.35. The van der Waals surface area contributed by atoms with Crippen molar-refractivity contribution in [3.05, 3.63) is 40.8 Å². The molecule has 1 atom stereocenters. The van der Waals surface area contributed by atoms with E-state index in [1.807, 2.05) is 22.8 Å². The number of carbonyl (C=O) groups is 2. The normalized spacial score (nSPS) is 19.4. The van der Waals surface area contributed by atoms with Crippen LogP contribution in [0.1, 0.15) is 60.8 Å².